The van der Waals surface area contributed by atoms with Crippen molar-refractivity contribution in [3.63, 3.8) is 0 Å². The number of sulfonamides is 1. The summed E-state index contributed by atoms with van der Waals surface area (Å²) >= 11 is 0. The van der Waals surface area contributed by atoms with Crippen LogP contribution in [0.5, 0.6) is 0 Å². The fourth-order valence-electron chi connectivity index (χ4n) is 3.51. The van der Waals surface area contributed by atoms with E-state index in [1.54, 1.807) is 24.4 Å². The van der Waals surface area contributed by atoms with E-state index < -0.39 is 10.0 Å². The number of fused-ring (bicyclic) bond motifs is 1. The van der Waals surface area contributed by atoms with Gasteiger partial charge in [-0.05, 0) is 50.1 Å². The number of benzene rings is 2. The average molecular weight is 392 g/mol. The monoisotopic (exact) mass is 392 g/mol. The number of anilines is 1. The van der Waals surface area contributed by atoms with Crippen molar-refractivity contribution in [1.82, 2.24) is 14.4 Å². The zero-order chi connectivity index (χ0) is 19.9. The number of imidazole rings is 1. The molecule has 2 heterocycles. The maximum atomic E-state index is 13.0. The molecule has 0 aliphatic rings. The van der Waals surface area contributed by atoms with E-state index in [9.17, 15) is 8.42 Å². The molecular formula is C21H20N4O2S. The summed E-state index contributed by atoms with van der Waals surface area (Å²) in [6.45, 7) is 5.58. The lowest BCUT2D eigenvalue weighted by Gasteiger charge is -2.14. The van der Waals surface area contributed by atoms with E-state index >= 15 is 0 Å². The van der Waals surface area contributed by atoms with Crippen molar-refractivity contribution in [3.8, 4) is 11.3 Å². The minimum atomic E-state index is -3.70. The van der Waals surface area contributed by atoms with Gasteiger partial charge in [0.1, 0.15) is 0 Å². The van der Waals surface area contributed by atoms with Crippen molar-refractivity contribution in [2.24, 2.45) is 0 Å². The molecule has 0 aliphatic heterocycles. The predicted molar refractivity (Wildman–Crippen MR) is 110 cm³/mol. The van der Waals surface area contributed by atoms with Gasteiger partial charge in [0.25, 0.3) is 10.0 Å². The fourth-order valence-corrected chi connectivity index (χ4v) is 5.01. The van der Waals surface area contributed by atoms with Crippen LogP contribution in [0.1, 0.15) is 16.7 Å². The van der Waals surface area contributed by atoms with E-state index in [2.05, 4.69) is 14.7 Å². The predicted octanol–water partition coefficient (Wildman–Crippen LogP) is 4.12. The van der Waals surface area contributed by atoms with Gasteiger partial charge in [-0.1, -0.05) is 29.8 Å². The molecule has 7 heteroatoms. The second-order valence-corrected chi connectivity index (χ2v) is 8.49. The van der Waals surface area contributed by atoms with E-state index in [0.717, 1.165) is 27.9 Å². The molecule has 4 aromatic rings. The van der Waals surface area contributed by atoms with Crippen LogP contribution >= 0.6 is 0 Å². The van der Waals surface area contributed by atoms with Crippen molar-refractivity contribution in [3.05, 3.63) is 77.7 Å². The lowest BCUT2D eigenvalue weighted by molar-refractivity contribution is 0.600. The van der Waals surface area contributed by atoms with Gasteiger partial charge in [0.2, 0.25) is 5.78 Å². The quantitative estimate of drug-likeness (QED) is 0.567. The minimum absolute atomic E-state index is 0.320. The van der Waals surface area contributed by atoms with E-state index in [0.29, 0.717) is 16.4 Å². The average Bonchev–Trinajstić information content (AvgIpc) is 3.04. The molecule has 0 atom stereocenters. The largest absolute Gasteiger partial charge is 0.291 e. The smallest absolute Gasteiger partial charge is 0.262 e. The Hall–Kier alpha value is -3.19. The number of hydrogen-bond acceptors (Lipinski definition) is 4. The van der Waals surface area contributed by atoms with Crippen LogP contribution in [0.2, 0.25) is 0 Å². The first-order valence-electron chi connectivity index (χ1n) is 8.84. The van der Waals surface area contributed by atoms with Gasteiger partial charge in [0.05, 0.1) is 10.6 Å². The molecular weight excluding hydrogens is 372 g/mol. The van der Waals surface area contributed by atoms with Crippen LogP contribution in [-0.4, -0.2) is 22.8 Å². The summed E-state index contributed by atoms with van der Waals surface area (Å²) in [5.41, 5.74) is 4.52. The SMILES string of the molecule is Cc1cc(C)c(S(=O)(=O)Nc2cccc(-c3cn4cccnc4n3)c2)c(C)c1. The number of nitrogens with zero attached hydrogens (tertiary/aromatic N) is 3. The number of nitrogens with one attached hydrogen (secondary N) is 1. The zero-order valence-corrected chi connectivity index (χ0v) is 16.7. The van der Waals surface area contributed by atoms with Gasteiger partial charge in [-0.25, -0.2) is 18.4 Å². The molecule has 6 nitrogen and oxygen atoms in total. The van der Waals surface area contributed by atoms with Crippen LogP contribution in [-0.2, 0) is 10.0 Å². The number of rotatable bonds is 4. The Bertz CT molecular complexity index is 1240. The first kappa shape index (κ1) is 18.2. The Kier molecular flexibility index (Phi) is 4.39. The Labute approximate surface area is 164 Å². The van der Waals surface area contributed by atoms with Crippen LogP contribution in [0.3, 0.4) is 0 Å². The molecule has 0 saturated heterocycles. The number of hydrogen-bond donors (Lipinski definition) is 1. The van der Waals surface area contributed by atoms with Crippen LogP contribution in [0.25, 0.3) is 17.0 Å². The highest BCUT2D eigenvalue weighted by Gasteiger charge is 2.20. The Balaban J connectivity index is 1.70. The molecule has 2 aromatic carbocycles. The molecule has 0 unspecified atom stereocenters. The van der Waals surface area contributed by atoms with Gasteiger partial charge < -0.3 is 0 Å². The van der Waals surface area contributed by atoms with Crippen molar-refractivity contribution < 1.29 is 8.42 Å². The fraction of sp³-hybridized carbons (Fsp3) is 0.143. The molecule has 1 N–H and O–H groups in total. The Morgan fingerprint density at radius 3 is 2.46 bits per heavy atom. The van der Waals surface area contributed by atoms with Gasteiger partial charge in [-0.3, -0.25) is 9.12 Å². The Morgan fingerprint density at radius 2 is 1.75 bits per heavy atom. The molecule has 0 fully saturated rings. The summed E-state index contributed by atoms with van der Waals surface area (Å²) < 4.78 is 30.5. The van der Waals surface area contributed by atoms with Crippen molar-refractivity contribution >= 4 is 21.5 Å². The number of aryl methyl sites for hydroxylation is 3. The highest BCUT2D eigenvalue weighted by atomic mass is 32.2. The molecule has 4 rings (SSSR count). The molecule has 0 amide bonds. The second kappa shape index (κ2) is 6.76. The molecule has 2 aromatic heterocycles. The molecule has 142 valence electrons. The Morgan fingerprint density at radius 1 is 1.00 bits per heavy atom. The number of aromatic nitrogens is 3. The molecule has 0 aliphatic carbocycles. The summed E-state index contributed by atoms with van der Waals surface area (Å²) in [6, 6.07) is 12.8. The van der Waals surface area contributed by atoms with Gasteiger partial charge in [0.15, 0.2) is 0 Å². The first-order chi connectivity index (χ1) is 13.3. The first-order valence-corrected chi connectivity index (χ1v) is 10.3. The van der Waals surface area contributed by atoms with E-state index in [-0.39, 0.29) is 0 Å². The van der Waals surface area contributed by atoms with Crippen molar-refractivity contribution in [2.75, 3.05) is 4.72 Å². The lowest BCUT2D eigenvalue weighted by atomic mass is 10.1. The summed E-state index contributed by atoms with van der Waals surface area (Å²) in [5.74, 6) is 0.592. The molecule has 28 heavy (non-hydrogen) atoms. The van der Waals surface area contributed by atoms with Gasteiger partial charge in [-0.15, -0.1) is 0 Å². The summed E-state index contributed by atoms with van der Waals surface area (Å²) in [6.07, 6.45) is 5.42. The lowest BCUT2D eigenvalue weighted by Crippen LogP contribution is -2.16. The van der Waals surface area contributed by atoms with E-state index in [4.69, 9.17) is 0 Å². The summed E-state index contributed by atoms with van der Waals surface area (Å²) in [7, 11) is -3.70. The van der Waals surface area contributed by atoms with Crippen molar-refractivity contribution in [2.45, 2.75) is 25.7 Å². The van der Waals surface area contributed by atoms with Crippen LogP contribution in [0.4, 0.5) is 5.69 Å². The van der Waals surface area contributed by atoms with Crippen molar-refractivity contribution in [1.29, 1.82) is 0 Å². The molecule has 0 saturated carbocycles. The molecule has 0 spiro atoms. The van der Waals surface area contributed by atoms with E-state index in [1.807, 2.05) is 61.8 Å². The second-order valence-electron chi connectivity index (χ2n) is 6.87. The van der Waals surface area contributed by atoms with Crippen LogP contribution in [0, 0.1) is 20.8 Å². The van der Waals surface area contributed by atoms with Crippen LogP contribution in [0.15, 0.2) is 66.0 Å². The van der Waals surface area contributed by atoms with Gasteiger partial charge in [0, 0.05) is 29.8 Å². The van der Waals surface area contributed by atoms with Crippen LogP contribution < -0.4 is 4.72 Å². The standard InChI is InChI=1S/C21H20N4O2S/c1-14-10-15(2)20(16(3)11-14)28(26,27)24-18-7-4-6-17(12-18)19-13-25-9-5-8-22-21(25)23-19/h4-13,24H,1-3H3. The third kappa shape index (κ3) is 3.36. The summed E-state index contributed by atoms with van der Waals surface area (Å²) in [4.78, 5) is 9.03. The maximum absolute atomic E-state index is 13.0. The van der Waals surface area contributed by atoms with E-state index in [1.165, 1.54) is 0 Å². The highest BCUT2D eigenvalue weighted by Crippen LogP contribution is 2.27. The normalized spacial score (nSPS) is 11.7. The highest BCUT2D eigenvalue weighted by molar-refractivity contribution is 7.92. The topological polar surface area (TPSA) is 76.4 Å². The minimum Gasteiger partial charge on any atom is -0.291 e. The molecule has 0 bridgehead atoms. The van der Waals surface area contributed by atoms with Gasteiger partial charge in [-0.2, -0.15) is 0 Å². The summed E-state index contributed by atoms with van der Waals surface area (Å²) in [5, 5.41) is 0. The third-order valence-electron chi connectivity index (χ3n) is 4.52. The maximum Gasteiger partial charge on any atom is 0.262 e. The van der Waals surface area contributed by atoms with Gasteiger partial charge >= 0.3 is 0 Å². The third-order valence-corrected chi connectivity index (χ3v) is 6.21. The zero-order valence-electron chi connectivity index (χ0n) is 15.8. The molecule has 0 radical (unpaired) electrons.